The Hall–Kier alpha value is -1.57. The third kappa shape index (κ3) is 4.84. The van der Waals surface area contributed by atoms with E-state index in [0.717, 1.165) is 10.0 Å². The number of carboxylic acids is 1. The molecule has 0 saturated carbocycles. The van der Waals surface area contributed by atoms with Crippen LogP contribution in [0.3, 0.4) is 0 Å². The zero-order chi connectivity index (χ0) is 15.3. The first-order chi connectivity index (χ1) is 9.21. The molecule has 0 aliphatic carbocycles. The monoisotopic (exact) mass is 353 g/mol. The molecule has 1 rings (SSSR count). The molecule has 2 N–H and O–H groups in total. The first kappa shape index (κ1) is 16.5. The Morgan fingerprint density at radius 3 is 2.40 bits per heavy atom. The van der Waals surface area contributed by atoms with Gasteiger partial charge in [-0.25, -0.2) is 4.79 Å². The average molecular weight is 354 g/mol. The van der Waals surface area contributed by atoms with E-state index in [1.807, 2.05) is 0 Å². The molecule has 20 heavy (non-hydrogen) atoms. The Morgan fingerprint density at radius 1 is 1.30 bits per heavy atom. The minimum absolute atomic E-state index is 0.139. The Balaban J connectivity index is 2.68. The number of hydrogen-bond donors (Lipinski definition) is 2. The third-order valence-corrected chi connectivity index (χ3v) is 3.29. The molecule has 4 nitrogen and oxygen atoms in total. The molecule has 0 heterocycles. The van der Waals surface area contributed by atoms with Gasteiger partial charge in [-0.05, 0) is 24.5 Å². The van der Waals surface area contributed by atoms with Crippen molar-refractivity contribution in [1.29, 1.82) is 0 Å². The number of alkyl halides is 3. The molecule has 110 valence electrons. The van der Waals surface area contributed by atoms with Crippen LogP contribution in [0.15, 0.2) is 28.7 Å². The van der Waals surface area contributed by atoms with Gasteiger partial charge in [-0.2, -0.15) is 13.2 Å². The number of carbonyl (C=O) groups excluding carboxylic acids is 1. The van der Waals surface area contributed by atoms with Gasteiger partial charge in [0.25, 0.3) is 0 Å². The molecule has 0 bridgehead atoms. The van der Waals surface area contributed by atoms with Crippen molar-refractivity contribution >= 4 is 27.8 Å². The van der Waals surface area contributed by atoms with E-state index in [2.05, 4.69) is 15.9 Å². The standard InChI is InChI=1S/C12H11BrF3NO3/c13-8-4-2-1-3-7(8)5-6-9(10(18)19)17-11(20)12(14,15)16/h1-4,9H,5-6H2,(H,17,20)(H,18,19). The summed E-state index contributed by atoms with van der Waals surface area (Å²) in [5.41, 5.74) is 0.750. The Labute approximate surface area is 121 Å². The summed E-state index contributed by atoms with van der Waals surface area (Å²) in [7, 11) is 0. The van der Waals surface area contributed by atoms with Crippen LogP contribution in [0.2, 0.25) is 0 Å². The van der Waals surface area contributed by atoms with Gasteiger partial charge in [0.15, 0.2) is 0 Å². The van der Waals surface area contributed by atoms with Gasteiger partial charge >= 0.3 is 18.1 Å². The maximum Gasteiger partial charge on any atom is 0.471 e. The van der Waals surface area contributed by atoms with Gasteiger partial charge in [0, 0.05) is 4.47 Å². The highest BCUT2D eigenvalue weighted by Crippen LogP contribution is 2.19. The lowest BCUT2D eigenvalue weighted by molar-refractivity contribution is -0.175. The minimum Gasteiger partial charge on any atom is -0.480 e. The van der Waals surface area contributed by atoms with E-state index in [1.165, 1.54) is 5.32 Å². The second-order valence-corrected chi connectivity index (χ2v) is 4.85. The van der Waals surface area contributed by atoms with Gasteiger partial charge in [0.2, 0.25) is 0 Å². The van der Waals surface area contributed by atoms with Crippen LogP contribution in [0.4, 0.5) is 13.2 Å². The summed E-state index contributed by atoms with van der Waals surface area (Å²) in [6, 6.07) is 5.35. The molecule has 0 aliphatic heterocycles. The molecule has 1 unspecified atom stereocenters. The van der Waals surface area contributed by atoms with E-state index in [9.17, 15) is 22.8 Å². The summed E-state index contributed by atoms with van der Waals surface area (Å²) in [5, 5.41) is 10.3. The lowest BCUT2D eigenvalue weighted by atomic mass is 10.1. The fourth-order valence-electron chi connectivity index (χ4n) is 1.50. The first-order valence-electron chi connectivity index (χ1n) is 5.55. The number of rotatable bonds is 5. The molecule has 1 amide bonds. The molecule has 0 radical (unpaired) electrons. The molecule has 8 heteroatoms. The van der Waals surface area contributed by atoms with Crippen molar-refractivity contribution < 1.29 is 27.9 Å². The molecule has 0 aromatic heterocycles. The Kier molecular flexibility index (Phi) is 5.55. The highest BCUT2D eigenvalue weighted by molar-refractivity contribution is 9.10. The van der Waals surface area contributed by atoms with Crippen LogP contribution in [0.25, 0.3) is 0 Å². The van der Waals surface area contributed by atoms with Crippen LogP contribution in [-0.2, 0) is 16.0 Å². The Morgan fingerprint density at radius 2 is 1.90 bits per heavy atom. The van der Waals surface area contributed by atoms with Crippen LogP contribution < -0.4 is 5.32 Å². The van der Waals surface area contributed by atoms with Crippen molar-refractivity contribution in [2.45, 2.75) is 25.1 Å². The summed E-state index contributed by atoms with van der Waals surface area (Å²) >= 11 is 3.25. The zero-order valence-corrected chi connectivity index (χ0v) is 11.7. The van der Waals surface area contributed by atoms with E-state index < -0.39 is 24.1 Å². The van der Waals surface area contributed by atoms with Crippen LogP contribution in [0.5, 0.6) is 0 Å². The van der Waals surface area contributed by atoms with Crippen LogP contribution >= 0.6 is 15.9 Å². The zero-order valence-electron chi connectivity index (χ0n) is 10.1. The second-order valence-electron chi connectivity index (χ2n) is 3.99. The fraction of sp³-hybridized carbons (Fsp3) is 0.333. The van der Waals surface area contributed by atoms with Gasteiger partial charge in [-0.15, -0.1) is 0 Å². The van der Waals surface area contributed by atoms with Crippen molar-refractivity contribution in [3.8, 4) is 0 Å². The molecule has 0 saturated heterocycles. The molecule has 1 atom stereocenters. The SMILES string of the molecule is O=C(O)C(CCc1ccccc1Br)NC(=O)C(F)(F)F. The van der Waals surface area contributed by atoms with E-state index in [-0.39, 0.29) is 12.8 Å². The number of amides is 1. The minimum atomic E-state index is -5.10. The van der Waals surface area contributed by atoms with Gasteiger partial charge in [-0.1, -0.05) is 34.1 Å². The van der Waals surface area contributed by atoms with Gasteiger partial charge < -0.3 is 10.4 Å². The number of carboxylic acid groups (broad SMARTS) is 1. The molecule has 0 spiro atoms. The molecular formula is C12H11BrF3NO3. The number of carbonyl (C=O) groups is 2. The number of hydrogen-bond acceptors (Lipinski definition) is 2. The van der Waals surface area contributed by atoms with Crippen molar-refractivity contribution in [2.75, 3.05) is 0 Å². The predicted molar refractivity (Wildman–Crippen MR) is 68.1 cm³/mol. The fourth-order valence-corrected chi connectivity index (χ4v) is 1.98. The largest absolute Gasteiger partial charge is 0.480 e. The van der Waals surface area contributed by atoms with Crippen molar-refractivity contribution in [3.05, 3.63) is 34.3 Å². The topological polar surface area (TPSA) is 66.4 Å². The van der Waals surface area contributed by atoms with Crippen LogP contribution in [0, 0.1) is 0 Å². The summed E-state index contributed by atoms with van der Waals surface area (Å²) < 4.78 is 37.0. The average Bonchev–Trinajstić information content (AvgIpc) is 2.34. The smallest absolute Gasteiger partial charge is 0.471 e. The van der Waals surface area contributed by atoms with E-state index in [1.54, 1.807) is 24.3 Å². The van der Waals surface area contributed by atoms with E-state index in [4.69, 9.17) is 5.11 Å². The Bertz CT molecular complexity index is 505. The summed E-state index contributed by atoms with van der Waals surface area (Å²) in [5.74, 6) is -3.76. The van der Waals surface area contributed by atoms with Crippen molar-refractivity contribution in [3.63, 3.8) is 0 Å². The molecule has 1 aromatic carbocycles. The number of nitrogens with one attached hydrogen (secondary N) is 1. The maximum absolute atomic E-state index is 12.1. The summed E-state index contributed by atoms with van der Waals surface area (Å²) in [4.78, 5) is 21.6. The predicted octanol–water partition coefficient (Wildman–Crippen LogP) is 2.51. The lowest BCUT2D eigenvalue weighted by Gasteiger charge is -2.16. The number of benzene rings is 1. The highest BCUT2D eigenvalue weighted by atomic mass is 79.9. The third-order valence-electron chi connectivity index (χ3n) is 2.52. The van der Waals surface area contributed by atoms with Gasteiger partial charge in [-0.3, -0.25) is 4.79 Å². The number of halogens is 4. The molecular weight excluding hydrogens is 343 g/mol. The van der Waals surface area contributed by atoms with E-state index >= 15 is 0 Å². The summed E-state index contributed by atoms with van der Waals surface area (Å²) in [6.07, 6.45) is -5.02. The van der Waals surface area contributed by atoms with Gasteiger partial charge in [0.05, 0.1) is 0 Å². The first-order valence-corrected chi connectivity index (χ1v) is 6.35. The van der Waals surface area contributed by atoms with Crippen LogP contribution in [-0.4, -0.2) is 29.2 Å². The molecule has 0 fully saturated rings. The molecule has 1 aromatic rings. The lowest BCUT2D eigenvalue weighted by Crippen LogP contribution is -2.47. The van der Waals surface area contributed by atoms with Crippen molar-refractivity contribution in [1.82, 2.24) is 5.32 Å². The molecule has 0 aliphatic rings. The highest BCUT2D eigenvalue weighted by Gasteiger charge is 2.40. The maximum atomic E-state index is 12.1. The number of aryl methyl sites for hydroxylation is 1. The summed E-state index contributed by atoms with van der Waals surface area (Å²) in [6.45, 7) is 0. The van der Waals surface area contributed by atoms with E-state index in [0.29, 0.717) is 0 Å². The normalized spacial score (nSPS) is 12.8. The van der Waals surface area contributed by atoms with Gasteiger partial charge in [0.1, 0.15) is 6.04 Å². The van der Waals surface area contributed by atoms with Crippen molar-refractivity contribution in [2.24, 2.45) is 0 Å². The number of aliphatic carboxylic acids is 1. The quantitative estimate of drug-likeness (QED) is 0.854. The van der Waals surface area contributed by atoms with Crippen LogP contribution in [0.1, 0.15) is 12.0 Å². The second kappa shape index (κ2) is 6.74.